The molecule has 0 aliphatic rings. The number of hydrogen-bond donors (Lipinski definition) is 2. The topological polar surface area (TPSA) is 59.6 Å². The highest BCUT2D eigenvalue weighted by atomic mass is 35.5. The number of carbonyl (C=O) groups is 1. The number of methoxy groups -OCH3 is 1. The standard InChI is InChI=1S/C23H23ClN2O3/c1-16-7-3-5-9-19(16)26-23(27)15-29-21-12-11-17(13-22(21)28-2)14-25-20-10-6-4-8-18(20)24/h3-13,25H,14-15H2,1-2H3,(H,26,27). The number of ether oxygens (including phenoxy) is 2. The van der Waals surface area contributed by atoms with E-state index in [1.807, 2.05) is 67.6 Å². The van der Waals surface area contributed by atoms with Crippen molar-refractivity contribution < 1.29 is 14.3 Å². The highest BCUT2D eigenvalue weighted by Crippen LogP contribution is 2.29. The fourth-order valence-electron chi connectivity index (χ4n) is 2.79. The van der Waals surface area contributed by atoms with Crippen molar-refractivity contribution in [3.05, 3.63) is 82.9 Å². The summed E-state index contributed by atoms with van der Waals surface area (Å²) < 4.78 is 11.1. The van der Waals surface area contributed by atoms with E-state index in [9.17, 15) is 4.79 Å². The lowest BCUT2D eigenvalue weighted by Crippen LogP contribution is -2.20. The summed E-state index contributed by atoms with van der Waals surface area (Å²) in [7, 11) is 1.57. The Bertz CT molecular complexity index is 991. The number of para-hydroxylation sites is 2. The van der Waals surface area contributed by atoms with Crippen molar-refractivity contribution in [2.24, 2.45) is 0 Å². The summed E-state index contributed by atoms with van der Waals surface area (Å²) in [6, 6.07) is 20.8. The first-order chi connectivity index (χ1) is 14.1. The number of halogens is 1. The first kappa shape index (κ1) is 20.6. The van der Waals surface area contributed by atoms with Gasteiger partial charge in [0.15, 0.2) is 18.1 Å². The number of hydrogen-bond acceptors (Lipinski definition) is 4. The van der Waals surface area contributed by atoms with Crippen LogP contribution in [0.5, 0.6) is 11.5 Å². The van der Waals surface area contributed by atoms with Gasteiger partial charge in [-0.15, -0.1) is 0 Å². The molecule has 0 heterocycles. The van der Waals surface area contributed by atoms with E-state index in [0.717, 1.165) is 22.5 Å². The Kier molecular flexibility index (Phi) is 6.98. The van der Waals surface area contributed by atoms with E-state index in [4.69, 9.17) is 21.1 Å². The monoisotopic (exact) mass is 410 g/mol. The van der Waals surface area contributed by atoms with Gasteiger partial charge < -0.3 is 20.1 Å². The fourth-order valence-corrected chi connectivity index (χ4v) is 2.99. The lowest BCUT2D eigenvalue weighted by Gasteiger charge is -2.14. The van der Waals surface area contributed by atoms with E-state index in [2.05, 4.69) is 10.6 Å². The van der Waals surface area contributed by atoms with Crippen LogP contribution in [0.3, 0.4) is 0 Å². The van der Waals surface area contributed by atoms with Gasteiger partial charge in [-0.05, 0) is 48.4 Å². The molecule has 0 aromatic heterocycles. The second kappa shape index (κ2) is 9.85. The normalized spacial score (nSPS) is 10.3. The van der Waals surface area contributed by atoms with Gasteiger partial charge in [0, 0.05) is 12.2 Å². The third-order valence-electron chi connectivity index (χ3n) is 4.36. The van der Waals surface area contributed by atoms with Crippen LogP contribution in [-0.2, 0) is 11.3 Å². The van der Waals surface area contributed by atoms with Crippen molar-refractivity contribution in [1.82, 2.24) is 0 Å². The van der Waals surface area contributed by atoms with E-state index < -0.39 is 0 Å². The molecular weight excluding hydrogens is 388 g/mol. The van der Waals surface area contributed by atoms with Crippen LogP contribution in [-0.4, -0.2) is 19.6 Å². The molecule has 0 radical (unpaired) electrons. The zero-order chi connectivity index (χ0) is 20.6. The molecule has 3 aromatic carbocycles. The van der Waals surface area contributed by atoms with E-state index >= 15 is 0 Å². The van der Waals surface area contributed by atoms with Crippen molar-refractivity contribution in [2.75, 3.05) is 24.4 Å². The molecule has 1 amide bonds. The summed E-state index contributed by atoms with van der Waals surface area (Å²) in [4.78, 5) is 12.2. The highest BCUT2D eigenvalue weighted by Gasteiger charge is 2.10. The summed E-state index contributed by atoms with van der Waals surface area (Å²) in [5.41, 5.74) is 3.63. The predicted octanol–water partition coefficient (Wildman–Crippen LogP) is 5.29. The summed E-state index contributed by atoms with van der Waals surface area (Å²) in [5, 5.41) is 6.80. The van der Waals surface area contributed by atoms with E-state index in [1.54, 1.807) is 13.2 Å². The maximum Gasteiger partial charge on any atom is 0.262 e. The molecule has 0 spiro atoms. The number of anilines is 2. The molecule has 3 aromatic rings. The minimum absolute atomic E-state index is 0.109. The van der Waals surface area contributed by atoms with Crippen LogP contribution in [0.4, 0.5) is 11.4 Å². The third kappa shape index (κ3) is 5.65. The van der Waals surface area contributed by atoms with Gasteiger partial charge in [-0.25, -0.2) is 0 Å². The number of aryl methyl sites for hydroxylation is 1. The Hall–Kier alpha value is -3.18. The second-order valence-electron chi connectivity index (χ2n) is 6.47. The minimum atomic E-state index is -0.231. The van der Waals surface area contributed by atoms with Crippen molar-refractivity contribution in [3.8, 4) is 11.5 Å². The van der Waals surface area contributed by atoms with Gasteiger partial charge in [0.2, 0.25) is 0 Å². The van der Waals surface area contributed by atoms with Crippen molar-refractivity contribution in [2.45, 2.75) is 13.5 Å². The molecule has 0 fully saturated rings. The van der Waals surface area contributed by atoms with Gasteiger partial charge in [0.05, 0.1) is 17.8 Å². The van der Waals surface area contributed by atoms with Gasteiger partial charge in [-0.2, -0.15) is 0 Å². The number of carbonyl (C=O) groups excluding carboxylic acids is 1. The van der Waals surface area contributed by atoms with Gasteiger partial charge in [0.1, 0.15) is 0 Å². The largest absolute Gasteiger partial charge is 0.493 e. The molecular formula is C23H23ClN2O3. The van der Waals surface area contributed by atoms with Crippen LogP contribution in [0.25, 0.3) is 0 Å². The number of benzene rings is 3. The Balaban J connectivity index is 1.59. The van der Waals surface area contributed by atoms with E-state index in [1.165, 1.54) is 0 Å². The second-order valence-corrected chi connectivity index (χ2v) is 6.88. The molecule has 0 aliphatic carbocycles. The molecule has 5 nitrogen and oxygen atoms in total. The lowest BCUT2D eigenvalue weighted by atomic mass is 10.2. The molecule has 150 valence electrons. The SMILES string of the molecule is COc1cc(CNc2ccccc2Cl)ccc1OCC(=O)Nc1ccccc1C. The number of rotatable bonds is 8. The lowest BCUT2D eigenvalue weighted by molar-refractivity contribution is -0.118. The maximum atomic E-state index is 12.2. The number of amides is 1. The van der Waals surface area contributed by atoms with Crippen molar-refractivity contribution in [3.63, 3.8) is 0 Å². The molecule has 0 aliphatic heterocycles. The first-order valence-corrected chi connectivity index (χ1v) is 9.58. The van der Waals surface area contributed by atoms with Gasteiger partial charge in [-0.3, -0.25) is 4.79 Å². The average molecular weight is 411 g/mol. The Labute approximate surface area is 175 Å². The minimum Gasteiger partial charge on any atom is -0.493 e. The van der Waals surface area contributed by atoms with E-state index in [0.29, 0.717) is 23.1 Å². The quantitative estimate of drug-likeness (QED) is 0.530. The molecule has 0 saturated heterocycles. The van der Waals surface area contributed by atoms with Gasteiger partial charge in [0.25, 0.3) is 5.91 Å². The average Bonchev–Trinajstić information content (AvgIpc) is 2.73. The molecule has 2 N–H and O–H groups in total. The van der Waals surface area contributed by atoms with Crippen LogP contribution in [0.1, 0.15) is 11.1 Å². The third-order valence-corrected chi connectivity index (χ3v) is 4.69. The molecule has 29 heavy (non-hydrogen) atoms. The maximum absolute atomic E-state index is 12.2. The zero-order valence-electron chi connectivity index (χ0n) is 16.4. The zero-order valence-corrected chi connectivity index (χ0v) is 17.1. The predicted molar refractivity (Wildman–Crippen MR) is 117 cm³/mol. The van der Waals surface area contributed by atoms with Crippen LogP contribution >= 0.6 is 11.6 Å². The van der Waals surface area contributed by atoms with Crippen LogP contribution in [0.15, 0.2) is 66.7 Å². The fraction of sp³-hybridized carbons (Fsp3) is 0.174. The van der Waals surface area contributed by atoms with Crippen LogP contribution in [0, 0.1) is 6.92 Å². The van der Waals surface area contributed by atoms with Crippen molar-refractivity contribution in [1.29, 1.82) is 0 Å². The summed E-state index contributed by atoms with van der Waals surface area (Å²) in [6.07, 6.45) is 0. The summed E-state index contributed by atoms with van der Waals surface area (Å²) >= 11 is 6.17. The summed E-state index contributed by atoms with van der Waals surface area (Å²) in [6.45, 7) is 2.41. The molecule has 6 heteroatoms. The Morgan fingerprint density at radius 2 is 1.69 bits per heavy atom. The van der Waals surface area contributed by atoms with E-state index in [-0.39, 0.29) is 12.5 Å². The van der Waals surface area contributed by atoms with Gasteiger partial charge in [-0.1, -0.05) is 48.0 Å². The Morgan fingerprint density at radius 1 is 0.966 bits per heavy atom. The summed E-state index contributed by atoms with van der Waals surface area (Å²) in [5.74, 6) is 0.840. The van der Waals surface area contributed by atoms with Crippen LogP contribution in [0.2, 0.25) is 5.02 Å². The molecule has 0 atom stereocenters. The molecule has 0 bridgehead atoms. The first-order valence-electron chi connectivity index (χ1n) is 9.20. The number of nitrogens with one attached hydrogen (secondary N) is 2. The van der Waals surface area contributed by atoms with Gasteiger partial charge >= 0.3 is 0 Å². The molecule has 3 rings (SSSR count). The Morgan fingerprint density at radius 3 is 2.41 bits per heavy atom. The highest BCUT2D eigenvalue weighted by molar-refractivity contribution is 6.33. The molecule has 0 saturated carbocycles. The van der Waals surface area contributed by atoms with Crippen LogP contribution < -0.4 is 20.1 Å². The smallest absolute Gasteiger partial charge is 0.262 e. The van der Waals surface area contributed by atoms with Crippen molar-refractivity contribution >= 4 is 28.9 Å². The molecule has 0 unspecified atom stereocenters.